The number of fused-ring (bicyclic) bond motifs is 1. The van der Waals surface area contributed by atoms with Gasteiger partial charge in [-0.1, -0.05) is 6.07 Å². The van der Waals surface area contributed by atoms with E-state index in [2.05, 4.69) is 35.6 Å². The molecule has 3 rings (SSSR count). The van der Waals surface area contributed by atoms with Crippen LogP contribution in [-0.4, -0.2) is 26.4 Å². The van der Waals surface area contributed by atoms with E-state index in [-0.39, 0.29) is 0 Å². The summed E-state index contributed by atoms with van der Waals surface area (Å²) in [4.78, 5) is 2.26. The number of aliphatic hydroxyl groups excluding tert-OH is 1. The molecule has 6 heteroatoms. The maximum atomic E-state index is 9.60. The number of halogens is 1. The van der Waals surface area contributed by atoms with Crippen LogP contribution in [0.3, 0.4) is 0 Å². The van der Waals surface area contributed by atoms with Crippen molar-refractivity contribution in [3.63, 3.8) is 0 Å². The van der Waals surface area contributed by atoms with Crippen LogP contribution in [0.4, 0.5) is 5.69 Å². The van der Waals surface area contributed by atoms with Crippen molar-refractivity contribution >= 4 is 21.6 Å². The summed E-state index contributed by atoms with van der Waals surface area (Å²) < 4.78 is 3.08. The van der Waals surface area contributed by atoms with Gasteiger partial charge in [0.05, 0.1) is 18.3 Å². The molecule has 2 aromatic rings. The lowest BCUT2D eigenvalue weighted by atomic mass is 10.1. The Morgan fingerprint density at radius 3 is 2.95 bits per heavy atom. The third-order valence-corrected chi connectivity index (χ3v) is 4.07. The van der Waals surface area contributed by atoms with Crippen molar-refractivity contribution in [2.75, 3.05) is 11.4 Å². The molecule has 5 nitrogen and oxygen atoms in total. The largest absolute Gasteiger partial charge is 0.389 e. The molecule has 0 radical (unpaired) electrons. The molecule has 100 valence electrons. The van der Waals surface area contributed by atoms with Gasteiger partial charge >= 0.3 is 0 Å². The van der Waals surface area contributed by atoms with Crippen molar-refractivity contribution in [3.05, 3.63) is 40.4 Å². The lowest BCUT2D eigenvalue weighted by molar-refractivity contribution is 0.199. The number of aromatic nitrogens is 3. The predicted molar refractivity (Wildman–Crippen MR) is 75.8 cm³/mol. The van der Waals surface area contributed by atoms with Crippen LogP contribution in [-0.2, 0) is 13.1 Å². The molecule has 0 saturated heterocycles. The molecule has 0 bridgehead atoms. The first-order valence-corrected chi connectivity index (χ1v) is 7.03. The quantitative estimate of drug-likeness (QED) is 0.920. The topological polar surface area (TPSA) is 54.2 Å². The average molecular weight is 323 g/mol. The SMILES string of the molecule is CC(O)c1ccc(N2CCn3cnnc3C2)c(Br)c1. The lowest BCUT2D eigenvalue weighted by Gasteiger charge is -2.30. The van der Waals surface area contributed by atoms with Gasteiger partial charge in [0.2, 0.25) is 0 Å². The number of nitrogens with zero attached hydrogens (tertiary/aromatic N) is 4. The summed E-state index contributed by atoms with van der Waals surface area (Å²) in [6.07, 6.45) is 1.33. The molecule has 0 spiro atoms. The number of hydrogen-bond acceptors (Lipinski definition) is 4. The minimum atomic E-state index is -0.449. The Kier molecular flexibility index (Phi) is 3.28. The van der Waals surface area contributed by atoms with E-state index >= 15 is 0 Å². The van der Waals surface area contributed by atoms with Crippen molar-refractivity contribution in [2.24, 2.45) is 0 Å². The molecule has 0 amide bonds. The Hall–Kier alpha value is -1.40. The fraction of sp³-hybridized carbons (Fsp3) is 0.385. The highest BCUT2D eigenvalue weighted by atomic mass is 79.9. The molecule has 19 heavy (non-hydrogen) atoms. The van der Waals surface area contributed by atoms with E-state index in [0.717, 1.165) is 41.2 Å². The van der Waals surface area contributed by atoms with Crippen LogP contribution < -0.4 is 4.90 Å². The summed E-state index contributed by atoms with van der Waals surface area (Å²) in [6.45, 7) is 4.35. The first-order chi connectivity index (χ1) is 9.15. The van der Waals surface area contributed by atoms with E-state index in [9.17, 15) is 5.11 Å². The predicted octanol–water partition coefficient (Wildman–Crippen LogP) is 2.11. The number of anilines is 1. The van der Waals surface area contributed by atoms with Crippen molar-refractivity contribution in [2.45, 2.75) is 26.1 Å². The molecule has 1 aliphatic rings. The van der Waals surface area contributed by atoms with Crippen LogP contribution in [0.2, 0.25) is 0 Å². The van der Waals surface area contributed by atoms with Gasteiger partial charge in [0.1, 0.15) is 6.33 Å². The van der Waals surface area contributed by atoms with E-state index in [1.165, 1.54) is 0 Å². The number of benzene rings is 1. The Morgan fingerprint density at radius 1 is 1.37 bits per heavy atom. The second-order valence-corrected chi connectivity index (χ2v) is 5.60. The molecule has 1 unspecified atom stereocenters. The number of hydrogen-bond donors (Lipinski definition) is 1. The van der Waals surface area contributed by atoms with Crippen LogP contribution in [0.15, 0.2) is 29.0 Å². The first-order valence-electron chi connectivity index (χ1n) is 6.24. The zero-order valence-corrected chi connectivity index (χ0v) is 12.2. The van der Waals surface area contributed by atoms with Gasteiger partial charge in [0.25, 0.3) is 0 Å². The number of aliphatic hydroxyl groups is 1. The van der Waals surface area contributed by atoms with Crippen LogP contribution in [0.25, 0.3) is 0 Å². The summed E-state index contributed by atoms with van der Waals surface area (Å²) in [7, 11) is 0. The van der Waals surface area contributed by atoms with Gasteiger partial charge in [-0.3, -0.25) is 0 Å². The Balaban J connectivity index is 1.88. The molecule has 0 aliphatic carbocycles. The Morgan fingerprint density at radius 2 is 2.21 bits per heavy atom. The normalized spacial score (nSPS) is 16.3. The molecular formula is C13H15BrN4O. The van der Waals surface area contributed by atoms with E-state index < -0.39 is 6.10 Å². The third-order valence-electron chi connectivity index (χ3n) is 3.43. The molecular weight excluding hydrogens is 308 g/mol. The van der Waals surface area contributed by atoms with E-state index in [4.69, 9.17) is 0 Å². The van der Waals surface area contributed by atoms with Gasteiger partial charge in [0, 0.05) is 17.6 Å². The molecule has 1 aromatic heterocycles. The minimum absolute atomic E-state index is 0.449. The first kappa shape index (κ1) is 12.6. The fourth-order valence-corrected chi connectivity index (χ4v) is 2.96. The standard InChI is InChI=1S/C13H15BrN4O/c1-9(19)10-2-3-12(11(14)6-10)17-4-5-18-8-15-16-13(18)7-17/h2-3,6,8-9,19H,4-5,7H2,1H3. The zero-order chi connectivity index (χ0) is 13.4. The highest BCUT2D eigenvalue weighted by Gasteiger charge is 2.19. The van der Waals surface area contributed by atoms with Gasteiger partial charge in [-0.2, -0.15) is 0 Å². The van der Waals surface area contributed by atoms with Crippen molar-refractivity contribution in [3.8, 4) is 0 Å². The summed E-state index contributed by atoms with van der Waals surface area (Å²) in [6, 6.07) is 5.97. The van der Waals surface area contributed by atoms with Gasteiger partial charge in [-0.25, -0.2) is 0 Å². The van der Waals surface area contributed by atoms with Crippen LogP contribution in [0, 0.1) is 0 Å². The summed E-state index contributed by atoms with van der Waals surface area (Å²) in [5.41, 5.74) is 2.04. The molecule has 1 aliphatic heterocycles. The molecule has 0 fully saturated rings. The molecule has 1 aromatic carbocycles. The molecule has 2 heterocycles. The summed E-state index contributed by atoms with van der Waals surface area (Å²) in [5, 5.41) is 17.7. The highest BCUT2D eigenvalue weighted by Crippen LogP contribution is 2.31. The van der Waals surface area contributed by atoms with Crippen molar-refractivity contribution in [1.29, 1.82) is 0 Å². The van der Waals surface area contributed by atoms with E-state index in [1.807, 2.05) is 18.2 Å². The maximum absolute atomic E-state index is 9.60. The van der Waals surface area contributed by atoms with Crippen LogP contribution in [0.5, 0.6) is 0 Å². The monoisotopic (exact) mass is 322 g/mol. The average Bonchev–Trinajstić information content (AvgIpc) is 2.85. The minimum Gasteiger partial charge on any atom is -0.389 e. The maximum Gasteiger partial charge on any atom is 0.152 e. The highest BCUT2D eigenvalue weighted by molar-refractivity contribution is 9.10. The zero-order valence-electron chi connectivity index (χ0n) is 10.6. The van der Waals surface area contributed by atoms with Crippen molar-refractivity contribution in [1.82, 2.24) is 14.8 Å². The second kappa shape index (κ2) is 4.94. The van der Waals surface area contributed by atoms with E-state index in [1.54, 1.807) is 13.3 Å². The summed E-state index contributed by atoms with van der Waals surface area (Å²) >= 11 is 3.59. The Bertz CT molecular complexity index is 596. The van der Waals surface area contributed by atoms with Gasteiger partial charge < -0.3 is 14.6 Å². The molecule has 0 saturated carbocycles. The fourth-order valence-electron chi connectivity index (χ4n) is 2.31. The molecule has 1 N–H and O–H groups in total. The summed E-state index contributed by atoms with van der Waals surface area (Å²) in [5.74, 6) is 0.984. The van der Waals surface area contributed by atoms with Crippen LogP contribution >= 0.6 is 15.9 Å². The van der Waals surface area contributed by atoms with Gasteiger partial charge in [0.15, 0.2) is 5.82 Å². The van der Waals surface area contributed by atoms with E-state index in [0.29, 0.717) is 0 Å². The number of rotatable bonds is 2. The third kappa shape index (κ3) is 2.37. The van der Waals surface area contributed by atoms with Crippen molar-refractivity contribution < 1.29 is 5.11 Å². The smallest absolute Gasteiger partial charge is 0.152 e. The van der Waals surface area contributed by atoms with Crippen LogP contribution in [0.1, 0.15) is 24.4 Å². The van der Waals surface area contributed by atoms with Gasteiger partial charge in [-0.05, 0) is 40.5 Å². The second-order valence-electron chi connectivity index (χ2n) is 4.75. The van der Waals surface area contributed by atoms with Gasteiger partial charge in [-0.15, -0.1) is 10.2 Å². The molecule has 1 atom stereocenters. The lowest BCUT2D eigenvalue weighted by Crippen LogP contribution is -2.33. The Labute approximate surface area is 120 Å².